The minimum Gasteiger partial charge on any atom is -0.346 e. The summed E-state index contributed by atoms with van der Waals surface area (Å²) in [6.45, 7) is -1.74. The third kappa shape index (κ3) is 4.35. The lowest BCUT2D eigenvalue weighted by molar-refractivity contribution is 0.0118. The molecule has 0 aliphatic carbocycles. The van der Waals surface area contributed by atoms with Gasteiger partial charge in [-0.3, -0.25) is 4.79 Å². The predicted octanol–water partition coefficient (Wildman–Crippen LogP) is 1.91. The highest BCUT2D eigenvalue weighted by Crippen LogP contribution is 2.15. The van der Waals surface area contributed by atoms with Gasteiger partial charge in [-0.2, -0.15) is 0 Å². The van der Waals surface area contributed by atoms with Crippen LogP contribution in [0.1, 0.15) is 10.4 Å². The minimum atomic E-state index is -3.17. The molecule has 0 radical (unpaired) electrons. The molecule has 1 aromatic carbocycles. The Morgan fingerprint density at radius 1 is 1.41 bits per heavy atom. The monoisotopic (exact) mass is 310 g/mol. The second-order valence-electron chi connectivity index (χ2n) is 3.40. The third-order valence-corrected chi connectivity index (χ3v) is 2.39. The number of hydrogen-bond donors (Lipinski definition) is 2. The van der Waals surface area contributed by atoms with Gasteiger partial charge in [0, 0.05) is 10.0 Å². The number of alkyl halides is 2. The summed E-state index contributed by atoms with van der Waals surface area (Å²) >= 11 is 3.00. The average Bonchev–Trinajstić information content (AvgIpc) is 2.24. The molecule has 1 rings (SSSR count). The molecule has 1 aromatic rings. The summed E-state index contributed by atoms with van der Waals surface area (Å²) in [6, 6.07) is 3.45. The molecule has 1 amide bonds. The van der Waals surface area contributed by atoms with E-state index in [1.807, 2.05) is 5.32 Å². The van der Waals surface area contributed by atoms with Crippen molar-refractivity contribution in [3.63, 3.8) is 0 Å². The standard InChI is InChI=1S/C10H10BrF3N2O/c11-7-1-6(2-8(12)3-7)9(17)16-5-10(13,14)4-15/h1-3H,4-5,15H2,(H,16,17). The maximum atomic E-state index is 13.0. The van der Waals surface area contributed by atoms with E-state index in [2.05, 4.69) is 15.9 Å². The number of nitrogens with one attached hydrogen (secondary N) is 1. The van der Waals surface area contributed by atoms with Crippen LogP contribution in [0.3, 0.4) is 0 Å². The summed E-state index contributed by atoms with van der Waals surface area (Å²) in [5, 5.41) is 1.99. The van der Waals surface area contributed by atoms with Crippen molar-refractivity contribution in [3.8, 4) is 0 Å². The van der Waals surface area contributed by atoms with Crippen molar-refractivity contribution in [1.29, 1.82) is 0 Å². The van der Waals surface area contributed by atoms with E-state index >= 15 is 0 Å². The van der Waals surface area contributed by atoms with Gasteiger partial charge in [0.05, 0.1) is 13.1 Å². The molecule has 7 heteroatoms. The Hall–Kier alpha value is -1.08. The molecule has 0 unspecified atom stereocenters. The number of amides is 1. The molecule has 0 heterocycles. The summed E-state index contributed by atoms with van der Waals surface area (Å²) in [7, 11) is 0. The zero-order valence-electron chi connectivity index (χ0n) is 8.64. The lowest BCUT2D eigenvalue weighted by Gasteiger charge is -2.14. The zero-order chi connectivity index (χ0) is 13.1. The first-order valence-electron chi connectivity index (χ1n) is 4.66. The number of nitrogens with two attached hydrogens (primary N) is 1. The van der Waals surface area contributed by atoms with Crippen LogP contribution in [0, 0.1) is 5.82 Å². The normalized spacial score (nSPS) is 11.4. The van der Waals surface area contributed by atoms with Gasteiger partial charge < -0.3 is 11.1 Å². The van der Waals surface area contributed by atoms with Crippen LogP contribution in [0.5, 0.6) is 0 Å². The van der Waals surface area contributed by atoms with E-state index < -0.39 is 30.7 Å². The van der Waals surface area contributed by atoms with Crippen LogP contribution in [0.25, 0.3) is 0 Å². The molecule has 0 aliphatic heterocycles. The summed E-state index contributed by atoms with van der Waals surface area (Å²) < 4.78 is 38.8. The van der Waals surface area contributed by atoms with E-state index in [1.54, 1.807) is 0 Å². The maximum absolute atomic E-state index is 13.0. The molecular weight excluding hydrogens is 301 g/mol. The number of hydrogen-bond acceptors (Lipinski definition) is 2. The van der Waals surface area contributed by atoms with Crippen LogP contribution in [-0.2, 0) is 0 Å². The number of rotatable bonds is 4. The van der Waals surface area contributed by atoms with Crippen molar-refractivity contribution in [3.05, 3.63) is 34.1 Å². The van der Waals surface area contributed by atoms with Crippen molar-refractivity contribution in [1.82, 2.24) is 5.32 Å². The molecule has 3 N–H and O–H groups in total. The van der Waals surface area contributed by atoms with E-state index in [0.717, 1.165) is 12.1 Å². The number of carbonyl (C=O) groups excluding carboxylic acids is 1. The predicted molar refractivity (Wildman–Crippen MR) is 60.4 cm³/mol. The molecule has 94 valence electrons. The Balaban J connectivity index is 2.70. The quantitative estimate of drug-likeness (QED) is 0.892. The Bertz CT molecular complexity index is 406. The minimum absolute atomic E-state index is 0.0373. The smallest absolute Gasteiger partial charge is 0.277 e. The van der Waals surface area contributed by atoms with Crippen molar-refractivity contribution in [2.24, 2.45) is 5.73 Å². The highest BCUT2D eigenvalue weighted by Gasteiger charge is 2.27. The van der Waals surface area contributed by atoms with E-state index in [9.17, 15) is 18.0 Å². The van der Waals surface area contributed by atoms with Gasteiger partial charge in [-0.05, 0) is 18.2 Å². The summed E-state index contributed by atoms with van der Waals surface area (Å²) in [5.41, 5.74) is 4.77. The molecule has 0 spiro atoms. The number of benzene rings is 1. The summed E-state index contributed by atoms with van der Waals surface area (Å²) in [5.74, 6) is -4.58. The van der Waals surface area contributed by atoms with Gasteiger partial charge in [-0.1, -0.05) is 15.9 Å². The van der Waals surface area contributed by atoms with Crippen LogP contribution in [-0.4, -0.2) is 24.9 Å². The van der Waals surface area contributed by atoms with E-state index in [-0.39, 0.29) is 5.56 Å². The number of carbonyl (C=O) groups is 1. The Morgan fingerprint density at radius 2 is 2.06 bits per heavy atom. The van der Waals surface area contributed by atoms with Gasteiger partial charge in [0.15, 0.2) is 0 Å². The van der Waals surface area contributed by atoms with Crippen LogP contribution >= 0.6 is 15.9 Å². The molecule has 0 saturated heterocycles. The maximum Gasteiger partial charge on any atom is 0.277 e. The van der Waals surface area contributed by atoms with E-state index in [4.69, 9.17) is 5.73 Å². The molecular formula is C10H10BrF3N2O. The molecule has 0 saturated carbocycles. The fourth-order valence-electron chi connectivity index (χ4n) is 1.07. The van der Waals surface area contributed by atoms with Crippen molar-refractivity contribution >= 4 is 21.8 Å². The largest absolute Gasteiger partial charge is 0.346 e. The first kappa shape index (κ1) is 14.0. The highest BCUT2D eigenvalue weighted by atomic mass is 79.9. The van der Waals surface area contributed by atoms with Gasteiger partial charge in [0.25, 0.3) is 11.8 Å². The van der Waals surface area contributed by atoms with E-state index in [1.165, 1.54) is 6.07 Å². The molecule has 3 nitrogen and oxygen atoms in total. The molecule has 0 aliphatic rings. The lowest BCUT2D eigenvalue weighted by atomic mass is 10.2. The molecule has 17 heavy (non-hydrogen) atoms. The second-order valence-corrected chi connectivity index (χ2v) is 4.32. The second kappa shape index (κ2) is 5.50. The Labute approximate surface area is 104 Å². The van der Waals surface area contributed by atoms with Gasteiger partial charge in [-0.15, -0.1) is 0 Å². The van der Waals surface area contributed by atoms with Gasteiger partial charge in [0.1, 0.15) is 5.82 Å². The van der Waals surface area contributed by atoms with Gasteiger partial charge in [0.2, 0.25) is 0 Å². The third-order valence-electron chi connectivity index (χ3n) is 1.93. The topological polar surface area (TPSA) is 55.1 Å². The average molecular weight is 311 g/mol. The highest BCUT2D eigenvalue weighted by molar-refractivity contribution is 9.10. The SMILES string of the molecule is NCC(F)(F)CNC(=O)c1cc(F)cc(Br)c1. The molecule has 0 atom stereocenters. The fraction of sp³-hybridized carbons (Fsp3) is 0.300. The number of halogens is 4. The van der Waals surface area contributed by atoms with Crippen LogP contribution < -0.4 is 11.1 Å². The fourth-order valence-corrected chi connectivity index (χ4v) is 1.53. The van der Waals surface area contributed by atoms with Crippen molar-refractivity contribution in [2.45, 2.75) is 5.92 Å². The van der Waals surface area contributed by atoms with Crippen molar-refractivity contribution in [2.75, 3.05) is 13.1 Å². The zero-order valence-corrected chi connectivity index (χ0v) is 10.2. The van der Waals surface area contributed by atoms with Crippen LogP contribution in [0.2, 0.25) is 0 Å². The summed E-state index contributed by atoms with van der Waals surface area (Å²) in [6.07, 6.45) is 0. The molecule has 0 fully saturated rings. The Morgan fingerprint density at radius 3 is 2.59 bits per heavy atom. The summed E-state index contributed by atoms with van der Waals surface area (Å²) in [4.78, 5) is 11.4. The van der Waals surface area contributed by atoms with Gasteiger partial charge in [-0.25, -0.2) is 13.2 Å². The van der Waals surface area contributed by atoms with Crippen LogP contribution in [0.4, 0.5) is 13.2 Å². The van der Waals surface area contributed by atoms with E-state index in [0.29, 0.717) is 4.47 Å². The van der Waals surface area contributed by atoms with Gasteiger partial charge >= 0.3 is 0 Å². The first-order chi connectivity index (χ1) is 7.84. The Kier molecular flexibility index (Phi) is 4.53. The molecule has 0 aromatic heterocycles. The van der Waals surface area contributed by atoms with Crippen LogP contribution in [0.15, 0.2) is 22.7 Å². The lowest BCUT2D eigenvalue weighted by Crippen LogP contribution is -2.41. The first-order valence-corrected chi connectivity index (χ1v) is 5.45. The van der Waals surface area contributed by atoms with Crippen molar-refractivity contribution < 1.29 is 18.0 Å². The molecule has 0 bridgehead atoms.